The quantitative estimate of drug-likeness (QED) is 0.391. The number of ketones is 1. The summed E-state index contributed by atoms with van der Waals surface area (Å²) in [6.07, 6.45) is -4.67. The summed E-state index contributed by atoms with van der Waals surface area (Å²) in [5, 5.41) is 8.79. The van der Waals surface area contributed by atoms with Gasteiger partial charge in [0.25, 0.3) is 0 Å². The van der Waals surface area contributed by atoms with E-state index >= 15 is 0 Å². The highest BCUT2D eigenvalue weighted by Gasteiger charge is 2.35. The number of alkyl halides is 3. The van der Waals surface area contributed by atoms with E-state index < -0.39 is 21.9 Å². The van der Waals surface area contributed by atoms with Crippen LogP contribution in [0, 0.1) is 0 Å². The van der Waals surface area contributed by atoms with Crippen molar-refractivity contribution in [2.24, 2.45) is 5.14 Å². The number of aromatic nitrogens is 2. The first-order chi connectivity index (χ1) is 15.4. The molecular weight excluding hydrogens is 475 g/mol. The third-order valence-electron chi connectivity index (χ3n) is 4.83. The van der Waals surface area contributed by atoms with Crippen molar-refractivity contribution in [3.8, 4) is 27.4 Å². The zero-order chi connectivity index (χ0) is 24.0. The van der Waals surface area contributed by atoms with Gasteiger partial charge in [-0.15, -0.1) is 11.3 Å². The first-order valence-corrected chi connectivity index (χ1v) is 11.8. The SMILES string of the molecule is CC(=O)c1ccc(-c2ccc(-c3cc(C(F)(F)F)nn3-c3ccc(S(N)(=O)=O)cc3)cc2)s1. The van der Waals surface area contributed by atoms with Crippen LogP contribution in [0.25, 0.3) is 27.4 Å². The fourth-order valence-electron chi connectivity index (χ4n) is 3.19. The standard InChI is InChI=1S/C22H16F3N3O3S2/c1-13(29)19-10-11-20(32-19)15-4-2-14(3-5-15)18-12-21(22(23,24)25)27-28(18)16-6-8-17(9-7-16)33(26,30)31/h2-12H,1H3,(H2,26,30,31). The van der Waals surface area contributed by atoms with Crippen LogP contribution in [-0.2, 0) is 16.2 Å². The lowest BCUT2D eigenvalue weighted by Gasteiger charge is -2.09. The largest absolute Gasteiger partial charge is 0.435 e. The Hall–Kier alpha value is -3.28. The van der Waals surface area contributed by atoms with Gasteiger partial charge in [0.15, 0.2) is 11.5 Å². The van der Waals surface area contributed by atoms with Crippen LogP contribution in [0.1, 0.15) is 22.3 Å². The molecule has 0 spiro atoms. The number of halogens is 3. The summed E-state index contributed by atoms with van der Waals surface area (Å²) in [6, 6.07) is 16.4. The summed E-state index contributed by atoms with van der Waals surface area (Å²) in [6.45, 7) is 1.48. The Balaban J connectivity index is 1.76. The Bertz CT molecular complexity index is 1440. The van der Waals surface area contributed by atoms with Gasteiger partial charge in [0.1, 0.15) is 0 Å². The van der Waals surface area contributed by atoms with Crippen LogP contribution >= 0.6 is 11.3 Å². The molecule has 0 atom stereocenters. The normalized spacial score (nSPS) is 12.2. The van der Waals surface area contributed by atoms with Gasteiger partial charge in [-0.1, -0.05) is 24.3 Å². The summed E-state index contributed by atoms with van der Waals surface area (Å²) < 4.78 is 64.2. The molecule has 0 amide bonds. The maximum absolute atomic E-state index is 13.4. The first-order valence-electron chi connectivity index (χ1n) is 9.45. The van der Waals surface area contributed by atoms with Crippen molar-refractivity contribution in [3.05, 3.63) is 77.3 Å². The van der Waals surface area contributed by atoms with E-state index in [9.17, 15) is 26.4 Å². The molecule has 0 unspecified atom stereocenters. The highest BCUT2D eigenvalue weighted by atomic mass is 32.2. The highest BCUT2D eigenvalue weighted by Crippen LogP contribution is 2.35. The molecule has 2 N–H and O–H groups in total. The lowest BCUT2D eigenvalue weighted by Crippen LogP contribution is -2.12. The second kappa shape index (κ2) is 8.25. The van der Waals surface area contributed by atoms with Crippen molar-refractivity contribution in [2.75, 3.05) is 0 Å². The molecule has 0 bridgehead atoms. The summed E-state index contributed by atoms with van der Waals surface area (Å²) in [5.41, 5.74) is 0.618. The van der Waals surface area contributed by atoms with Crippen molar-refractivity contribution >= 4 is 27.1 Å². The second-order valence-electron chi connectivity index (χ2n) is 7.16. The van der Waals surface area contributed by atoms with E-state index in [1.165, 1.54) is 42.5 Å². The number of nitrogens with two attached hydrogens (primary N) is 1. The monoisotopic (exact) mass is 491 g/mol. The second-order valence-corrected chi connectivity index (χ2v) is 9.81. The third-order valence-corrected chi connectivity index (χ3v) is 6.99. The topological polar surface area (TPSA) is 95.0 Å². The molecule has 0 fully saturated rings. The zero-order valence-corrected chi connectivity index (χ0v) is 18.6. The number of nitrogens with zero attached hydrogens (tertiary/aromatic N) is 2. The number of carbonyl (C=O) groups is 1. The van der Waals surface area contributed by atoms with Gasteiger partial charge in [-0.2, -0.15) is 18.3 Å². The van der Waals surface area contributed by atoms with Gasteiger partial charge < -0.3 is 0 Å². The molecule has 0 aliphatic heterocycles. The molecule has 2 heterocycles. The van der Waals surface area contributed by atoms with Crippen molar-refractivity contribution in [1.29, 1.82) is 0 Å². The smallest absolute Gasteiger partial charge is 0.294 e. The van der Waals surface area contributed by atoms with E-state index in [4.69, 9.17) is 5.14 Å². The average Bonchev–Trinajstić information content (AvgIpc) is 3.41. The Labute approximate surface area is 191 Å². The fourth-order valence-corrected chi connectivity index (χ4v) is 4.61. The van der Waals surface area contributed by atoms with Crippen LogP contribution in [0.2, 0.25) is 0 Å². The molecular formula is C22H16F3N3O3S2. The van der Waals surface area contributed by atoms with Crippen LogP contribution in [0.15, 0.2) is 71.6 Å². The lowest BCUT2D eigenvalue weighted by atomic mass is 10.1. The van der Waals surface area contributed by atoms with Gasteiger partial charge in [-0.25, -0.2) is 18.2 Å². The van der Waals surface area contributed by atoms with E-state index in [0.717, 1.165) is 21.2 Å². The number of rotatable bonds is 5. The number of primary sulfonamides is 1. The zero-order valence-electron chi connectivity index (χ0n) is 17.0. The number of Topliss-reactive ketones (excluding diaryl/α,β-unsaturated/α-hetero) is 1. The van der Waals surface area contributed by atoms with Crippen LogP contribution in [0.4, 0.5) is 13.2 Å². The molecule has 0 saturated heterocycles. The fraction of sp³-hybridized carbons (Fsp3) is 0.0909. The number of thiophene rings is 1. The van der Waals surface area contributed by atoms with Crippen molar-refractivity contribution in [2.45, 2.75) is 18.0 Å². The van der Waals surface area contributed by atoms with Gasteiger partial charge in [0.2, 0.25) is 10.0 Å². The predicted octanol–water partition coefficient (Wildman–Crippen LogP) is 5.14. The number of sulfonamides is 1. The maximum Gasteiger partial charge on any atom is 0.435 e. The Morgan fingerprint density at radius 1 is 0.970 bits per heavy atom. The van der Waals surface area contributed by atoms with Crippen molar-refractivity contribution < 1.29 is 26.4 Å². The van der Waals surface area contributed by atoms with E-state index in [1.807, 2.05) is 6.07 Å². The van der Waals surface area contributed by atoms with Gasteiger partial charge in [-0.05, 0) is 55.0 Å². The number of carbonyl (C=O) groups excluding carboxylic acids is 1. The lowest BCUT2D eigenvalue weighted by molar-refractivity contribution is -0.141. The summed E-state index contributed by atoms with van der Waals surface area (Å²) in [5.74, 6) is -0.0418. The molecule has 11 heteroatoms. The molecule has 2 aromatic heterocycles. The number of hydrogen-bond donors (Lipinski definition) is 1. The van der Waals surface area contributed by atoms with Gasteiger partial charge in [-0.3, -0.25) is 4.79 Å². The van der Waals surface area contributed by atoms with Gasteiger partial charge in [0.05, 0.1) is 21.2 Å². The molecule has 0 saturated carbocycles. The van der Waals surface area contributed by atoms with Crippen LogP contribution in [-0.4, -0.2) is 24.0 Å². The van der Waals surface area contributed by atoms with Crippen LogP contribution in [0.3, 0.4) is 0 Å². The molecule has 170 valence electrons. The van der Waals surface area contributed by atoms with E-state index in [-0.39, 0.29) is 22.1 Å². The van der Waals surface area contributed by atoms with Gasteiger partial charge in [0, 0.05) is 10.4 Å². The van der Waals surface area contributed by atoms with E-state index in [2.05, 4.69) is 5.10 Å². The van der Waals surface area contributed by atoms with E-state index in [0.29, 0.717) is 10.4 Å². The number of benzene rings is 2. The van der Waals surface area contributed by atoms with Crippen molar-refractivity contribution in [3.63, 3.8) is 0 Å². The summed E-state index contributed by atoms with van der Waals surface area (Å²) >= 11 is 1.33. The Morgan fingerprint density at radius 2 is 1.58 bits per heavy atom. The van der Waals surface area contributed by atoms with Crippen LogP contribution in [0.5, 0.6) is 0 Å². The molecule has 0 aliphatic carbocycles. The molecule has 4 aromatic rings. The Kier molecular flexibility index (Phi) is 5.72. The average molecular weight is 492 g/mol. The minimum absolute atomic E-state index is 0.0418. The Morgan fingerprint density at radius 3 is 2.09 bits per heavy atom. The minimum atomic E-state index is -4.67. The number of hydrogen-bond acceptors (Lipinski definition) is 5. The molecule has 6 nitrogen and oxygen atoms in total. The molecule has 33 heavy (non-hydrogen) atoms. The maximum atomic E-state index is 13.4. The van der Waals surface area contributed by atoms with E-state index in [1.54, 1.807) is 30.3 Å². The van der Waals surface area contributed by atoms with Crippen LogP contribution < -0.4 is 5.14 Å². The predicted molar refractivity (Wildman–Crippen MR) is 119 cm³/mol. The molecule has 0 radical (unpaired) electrons. The third kappa shape index (κ3) is 4.75. The first kappa shape index (κ1) is 22.9. The molecule has 2 aromatic carbocycles. The molecule has 0 aliphatic rings. The molecule has 4 rings (SSSR count). The van der Waals surface area contributed by atoms with Crippen molar-refractivity contribution in [1.82, 2.24) is 9.78 Å². The van der Waals surface area contributed by atoms with Gasteiger partial charge >= 0.3 is 6.18 Å². The summed E-state index contributed by atoms with van der Waals surface area (Å²) in [7, 11) is -3.95. The minimum Gasteiger partial charge on any atom is -0.294 e. The highest BCUT2D eigenvalue weighted by molar-refractivity contribution is 7.89. The summed E-state index contributed by atoms with van der Waals surface area (Å²) in [4.78, 5) is 12.8.